The van der Waals surface area contributed by atoms with E-state index in [9.17, 15) is 4.79 Å². The normalized spacial score (nSPS) is 18.0. The van der Waals surface area contributed by atoms with E-state index in [1.165, 1.54) is 0 Å². The number of likely N-dealkylation sites (tertiary alicyclic amines) is 1. The molecule has 1 aliphatic heterocycles. The molecule has 1 atom stereocenters. The van der Waals surface area contributed by atoms with Crippen LogP contribution in [0.15, 0.2) is 28.7 Å². The summed E-state index contributed by atoms with van der Waals surface area (Å²) in [4.78, 5) is 14.9. The third-order valence-electron chi connectivity index (χ3n) is 4.36. The number of carbonyl (C=O) groups excluding carboxylic acids is 1. The zero-order valence-electron chi connectivity index (χ0n) is 14.2. The van der Waals surface area contributed by atoms with E-state index in [0.29, 0.717) is 12.5 Å². The average Bonchev–Trinajstić information content (AvgIpc) is 2.54. The maximum absolute atomic E-state index is 12.5. The van der Waals surface area contributed by atoms with Crippen LogP contribution in [0.1, 0.15) is 40.0 Å². The first kappa shape index (κ1) is 18.3. The largest absolute Gasteiger partial charge is 0.481 e. The lowest BCUT2D eigenvalue weighted by molar-refractivity contribution is -0.129. The average molecular weight is 383 g/mol. The molecule has 1 aromatic rings. The number of piperidine rings is 1. The van der Waals surface area contributed by atoms with Crippen molar-refractivity contribution >= 4 is 21.8 Å². The van der Waals surface area contributed by atoms with Crippen molar-refractivity contribution in [2.24, 2.45) is 0 Å². The minimum absolute atomic E-state index is 0.00147. The minimum Gasteiger partial charge on any atom is -0.481 e. The van der Waals surface area contributed by atoms with Gasteiger partial charge in [0.05, 0.1) is 0 Å². The Bertz CT molecular complexity index is 496. The highest BCUT2D eigenvalue weighted by Gasteiger charge is 2.25. The van der Waals surface area contributed by atoms with Gasteiger partial charge in [-0.05, 0) is 57.4 Å². The number of nitrogens with one attached hydrogen (secondary N) is 1. The van der Waals surface area contributed by atoms with Gasteiger partial charge in [0, 0.05) is 29.6 Å². The Kier molecular flexibility index (Phi) is 6.90. The summed E-state index contributed by atoms with van der Waals surface area (Å²) in [6, 6.07) is 8.43. The Balaban J connectivity index is 1.84. The SMILES string of the molecule is CCC(Oc1ccc(Br)cc1)C(=O)NC1CCN(C(C)C)CC1. The highest BCUT2D eigenvalue weighted by atomic mass is 79.9. The fraction of sp³-hybridized carbons (Fsp3) is 0.611. The zero-order chi connectivity index (χ0) is 16.8. The van der Waals surface area contributed by atoms with Crippen LogP contribution < -0.4 is 10.1 Å². The molecule has 4 nitrogen and oxygen atoms in total. The maximum Gasteiger partial charge on any atom is 0.261 e. The van der Waals surface area contributed by atoms with E-state index < -0.39 is 6.10 Å². The summed E-state index contributed by atoms with van der Waals surface area (Å²) in [5.41, 5.74) is 0. The monoisotopic (exact) mass is 382 g/mol. The Hall–Kier alpha value is -1.07. The van der Waals surface area contributed by atoms with Crippen LogP contribution in [0.3, 0.4) is 0 Å². The second-order valence-electron chi connectivity index (χ2n) is 6.38. The first-order valence-electron chi connectivity index (χ1n) is 8.46. The van der Waals surface area contributed by atoms with Gasteiger partial charge >= 0.3 is 0 Å². The second-order valence-corrected chi connectivity index (χ2v) is 7.30. The lowest BCUT2D eigenvalue weighted by atomic mass is 10.0. The highest BCUT2D eigenvalue weighted by Crippen LogP contribution is 2.19. The van der Waals surface area contributed by atoms with E-state index in [1.807, 2.05) is 31.2 Å². The van der Waals surface area contributed by atoms with Crippen LogP contribution in [0.4, 0.5) is 0 Å². The van der Waals surface area contributed by atoms with E-state index in [4.69, 9.17) is 4.74 Å². The molecule has 0 aliphatic carbocycles. The first-order valence-corrected chi connectivity index (χ1v) is 9.25. The van der Waals surface area contributed by atoms with Gasteiger partial charge in [-0.1, -0.05) is 22.9 Å². The Morgan fingerprint density at radius 3 is 2.43 bits per heavy atom. The highest BCUT2D eigenvalue weighted by molar-refractivity contribution is 9.10. The van der Waals surface area contributed by atoms with Gasteiger partial charge in [-0.3, -0.25) is 4.79 Å². The molecule has 0 aromatic heterocycles. The van der Waals surface area contributed by atoms with Gasteiger partial charge in [0.15, 0.2) is 6.10 Å². The van der Waals surface area contributed by atoms with E-state index in [2.05, 4.69) is 40.0 Å². The van der Waals surface area contributed by atoms with Crippen LogP contribution in [0.25, 0.3) is 0 Å². The number of ether oxygens (including phenoxy) is 1. The molecular formula is C18H27BrN2O2. The Morgan fingerprint density at radius 2 is 1.91 bits per heavy atom. The standard InChI is InChI=1S/C18H27BrN2O2/c1-4-17(23-16-7-5-14(19)6-8-16)18(22)20-15-9-11-21(12-10-15)13(2)3/h5-8,13,15,17H,4,9-12H2,1-3H3,(H,20,22). The van der Waals surface area contributed by atoms with Crippen molar-refractivity contribution in [1.29, 1.82) is 0 Å². The molecule has 0 bridgehead atoms. The lowest BCUT2D eigenvalue weighted by Crippen LogP contribution is -2.49. The molecule has 1 aliphatic rings. The molecule has 1 saturated heterocycles. The molecule has 0 spiro atoms. The first-order chi connectivity index (χ1) is 11.0. The summed E-state index contributed by atoms with van der Waals surface area (Å²) >= 11 is 3.40. The van der Waals surface area contributed by atoms with E-state index in [0.717, 1.165) is 36.2 Å². The van der Waals surface area contributed by atoms with Gasteiger partial charge in [0.25, 0.3) is 5.91 Å². The fourth-order valence-corrected chi connectivity index (χ4v) is 3.12. The zero-order valence-corrected chi connectivity index (χ0v) is 15.8. The molecule has 2 rings (SSSR count). The molecule has 0 saturated carbocycles. The van der Waals surface area contributed by atoms with Crippen molar-refractivity contribution in [1.82, 2.24) is 10.2 Å². The molecule has 1 amide bonds. The quantitative estimate of drug-likeness (QED) is 0.816. The Labute approximate surface area is 147 Å². The third-order valence-corrected chi connectivity index (χ3v) is 4.89. The van der Waals surface area contributed by atoms with Crippen LogP contribution in [0, 0.1) is 0 Å². The number of rotatable bonds is 6. The van der Waals surface area contributed by atoms with Crippen molar-refractivity contribution in [3.63, 3.8) is 0 Å². The number of halogens is 1. The fourth-order valence-electron chi connectivity index (χ4n) is 2.85. The van der Waals surface area contributed by atoms with Crippen molar-refractivity contribution in [3.05, 3.63) is 28.7 Å². The topological polar surface area (TPSA) is 41.6 Å². The summed E-state index contributed by atoms with van der Waals surface area (Å²) < 4.78 is 6.84. The van der Waals surface area contributed by atoms with Gasteiger partial charge in [0.1, 0.15) is 5.75 Å². The number of amides is 1. The van der Waals surface area contributed by atoms with Crippen LogP contribution in [0.2, 0.25) is 0 Å². The molecule has 1 aromatic carbocycles. The van der Waals surface area contributed by atoms with Crippen molar-refractivity contribution in [3.8, 4) is 5.75 Å². The smallest absolute Gasteiger partial charge is 0.261 e. The summed E-state index contributed by atoms with van der Waals surface area (Å²) in [7, 11) is 0. The summed E-state index contributed by atoms with van der Waals surface area (Å²) in [5, 5.41) is 3.16. The lowest BCUT2D eigenvalue weighted by Gasteiger charge is -2.35. The van der Waals surface area contributed by atoms with Crippen LogP contribution in [-0.4, -0.2) is 42.1 Å². The van der Waals surface area contributed by atoms with E-state index in [1.54, 1.807) is 0 Å². The molecule has 23 heavy (non-hydrogen) atoms. The van der Waals surface area contributed by atoms with Gasteiger partial charge in [0.2, 0.25) is 0 Å². The molecule has 128 valence electrons. The van der Waals surface area contributed by atoms with Crippen molar-refractivity contribution < 1.29 is 9.53 Å². The van der Waals surface area contributed by atoms with Crippen LogP contribution in [0.5, 0.6) is 5.75 Å². The third kappa shape index (κ3) is 5.50. The van der Waals surface area contributed by atoms with Crippen LogP contribution in [-0.2, 0) is 4.79 Å². The van der Waals surface area contributed by atoms with Crippen molar-refractivity contribution in [2.75, 3.05) is 13.1 Å². The molecule has 1 N–H and O–H groups in total. The molecule has 1 unspecified atom stereocenters. The molecule has 1 fully saturated rings. The predicted molar refractivity (Wildman–Crippen MR) is 96.7 cm³/mol. The van der Waals surface area contributed by atoms with Crippen molar-refractivity contribution in [2.45, 2.75) is 58.2 Å². The Morgan fingerprint density at radius 1 is 1.30 bits per heavy atom. The second kappa shape index (κ2) is 8.69. The summed E-state index contributed by atoms with van der Waals surface area (Å²) in [6.45, 7) is 8.51. The minimum atomic E-state index is -0.431. The summed E-state index contributed by atoms with van der Waals surface area (Å²) in [6.07, 6.45) is 2.25. The number of nitrogens with zero attached hydrogens (tertiary/aromatic N) is 1. The summed E-state index contributed by atoms with van der Waals surface area (Å²) in [5.74, 6) is 0.725. The number of benzene rings is 1. The number of carbonyl (C=O) groups is 1. The number of hydrogen-bond acceptors (Lipinski definition) is 3. The molecule has 5 heteroatoms. The van der Waals surface area contributed by atoms with Crippen LogP contribution >= 0.6 is 15.9 Å². The van der Waals surface area contributed by atoms with E-state index >= 15 is 0 Å². The van der Waals surface area contributed by atoms with Gasteiger partial charge in [-0.15, -0.1) is 0 Å². The van der Waals surface area contributed by atoms with Gasteiger partial charge < -0.3 is 15.0 Å². The molecule has 1 heterocycles. The van der Waals surface area contributed by atoms with E-state index in [-0.39, 0.29) is 11.9 Å². The maximum atomic E-state index is 12.5. The molecule has 0 radical (unpaired) electrons. The predicted octanol–water partition coefficient (Wildman–Crippen LogP) is 3.60. The van der Waals surface area contributed by atoms with Gasteiger partial charge in [-0.25, -0.2) is 0 Å². The molecular weight excluding hydrogens is 356 g/mol. The van der Waals surface area contributed by atoms with Gasteiger partial charge in [-0.2, -0.15) is 0 Å². The number of hydrogen-bond donors (Lipinski definition) is 1.